The third kappa shape index (κ3) is 6.99. The van der Waals surface area contributed by atoms with Crippen LogP contribution in [0.15, 0.2) is 41.7 Å². The number of aromatic nitrogens is 1. The number of benzene rings is 1. The van der Waals surface area contributed by atoms with Gasteiger partial charge in [-0.05, 0) is 69.7 Å². The smallest absolute Gasteiger partial charge is 0.334 e. The topological polar surface area (TPSA) is 78.0 Å². The lowest BCUT2D eigenvalue weighted by Crippen LogP contribution is -2.34. The van der Waals surface area contributed by atoms with Crippen molar-refractivity contribution in [3.63, 3.8) is 0 Å². The number of aryl methyl sites for hydroxylation is 1. The molecule has 0 spiro atoms. The minimum Gasteiger partial charge on any atom is -0.489 e. The molecule has 9 heteroatoms. The molecular formula is C27H32Cl2N2O5. The fourth-order valence-corrected chi connectivity index (χ4v) is 4.53. The van der Waals surface area contributed by atoms with E-state index >= 15 is 0 Å². The molecule has 7 nitrogen and oxygen atoms in total. The maximum atomic E-state index is 14.1. The lowest BCUT2D eigenvalue weighted by Gasteiger charge is -2.29. The average Bonchev–Trinajstić information content (AvgIpc) is 2.85. The van der Waals surface area contributed by atoms with Gasteiger partial charge in [-0.15, -0.1) is 0 Å². The second-order valence-electron chi connectivity index (χ2n) is 8.89. The van der Waals surface area contributed by atoms with E-state index in [1.165, 1.54) is 7.11 Å². The molecule has 1 amide bonds. The second-order valence-corrected chi connectivity index (χ2v) is 9.70. The maximum Gasteiger partial charge on any atom is 0.334 e. The summed E-state index contributed by atoms with van der Waals surface area (Å²) in [5.74, 6) is -0.376. The summed E-state index contributed by atoms with van der Waals surface area (Å²) in [5, 5.41) is 0.647. The molecule has 1 aromatic carbocycles. The van der Waals surface area contributed by atoms with Gasteiger partial charge in [-0.1, -0.05) is 23.2 Å². The largest absolute Gasteiger partial charge is 0.489 e. The van der Waals surface area contributed by atoms with Crippen molar-refractivity contribution >= 4 is 40.8 Å². The van der Waals surface area contributed by atoms with Gasteiger partial charge >= 0.3 is 5.97 Å². The Bertz CT molecular complexity index is 1130. The number of amides is 1. The van der Waals surface area contributed by atoms with Gasteiger partial charge in [-0.25, -0.2) is 4.79 Å². The molecular weight excluding hydrogens is 503 g/mol. The van der Waals surface area contributed by atoms with Crippen LogP contribution in [0.3, 0.4) is 0 Å². The number of carbonyl (C=O) groups excluding carboxylic acids is 2. The van der Waals surface area contributed by atoms with Crippen LogP contribution in [0.1, 0.15) is 50.7 Å². The number of halogens is 2. The predicted octanol–water partition coefficient (Wildman–Crippen LogP) is 6.08. The van der Waals surface area contributed by atoms with E-state index in [-0.39, 0.29) is 31.8 Å². The van der Waals surface area contributed by atoms with Gasteiger partial charge in [0.2, 0.25) is 0 Å². The first-order chi connectivity index (χ1) is 17.2. The molecule has 0 N–H and O–H groups in total. The van der Waals surface area contributed by atoms with Crippen molar-refractivity contribution < 1.29 is 23.8 Å². The Morgan fingerprint density at radius 3 is 2.47 bits per heavy atom. The van der Waals surface area contributed by atoms with Crippen LogP contribution >= 0.6 is 23.2 Å². The fourth-order valence-electron chi connectivity index (χ4n) is 4.00. The quantitative estimate of drug-likeness (QED) is 0.271. The molecule has 194 valence electrons. The molecule has 2 aromatic rings. The fraction of sp³-hybridized carbons (Fsp3) is 0.444. The van der Waals surface area contributed by atoms with Crippen LogP contribution in [0.4, 0.5) is 5.69 Å². The number of hydrogen-bond donors (Lipinski definition) is 0. The number of ether oxygens (including phenoxy) is 3. The lowest BCUT2D eigenvalue weighted by molar-refractivity contribution is -0.140. The molecule has 1 aliphatic carbocycles. The summed E-state index contributed by atoms with van der Waals surface area (Å²) in [6.45, 7) is 6.35. The predicted molar refractivity (Wildman–Crippen MR) is 141 cm³/mol. The molecule has 1 aromatic heterocycles. The number of anilines is 1. The maximum absolute atomic E-state index is 14.1. The third-order valence-corrected chi connectivity index (χ3v) is 6.47. The zero-order valence-electron chi connectivity index (χ0n) is 21.1. The average molecular weight is 535 g/mol. The van der Waals surface area contributed by atoms with Gasteiger partial charge in [-0.3, -0.25) is 9.78 Å². The van der Waals surface area contributed by atoms with Gasteiger partial charge < -0.3 is 19.1 Å². The van der Waals surface area contributed by atoms with Crippen LogP contribution in [0.2, 0.25) is 10.0 Å². The summed E-state index contributed by atoms with van der Waals surface area (Å²) in [4.78, 5) is 32.8. The van der Waals surface area contributed by atoms with Crippen LogP contribution in [-0.4, -0.2) is 43.3 Å². The number of pyridine rings is 1. The van der Waals surface area contributed by atoms with E-state index in [9.17, 15) is 9.59 Å². The van der Waals surface area contributed by atoms with Crippen molar-refractivity contribution in [2.75, 3.05) is 25.2 Å². The number of carbonyl (C=O) groups is 2. The first-order valence-electron chi connectivity index (χ1n) is 12.0. The first-order valence-corrected chi connectivity index (χ1v) is 12.7. The second kappa shape index (κ2) is 13.1. The molecule has 0 aliphatic heterocycles. The zero-order chi connectivity index (χ0) is 26.2. The van der Waals surface area contributed by atoms with E-state index in [2.05, 4.69) is 4.98 Å². The van der Waals surface area contributed by atoms with Gasteiger partial charge in [0.15, 0.2) is 0 Å². The molecule has 0 radical (unpaired) electrons. The molecule has 0 unspecified atom stereocenters. The molecule has 1 heterocycles. The minimum absolute atomic E-state index is 0.123. The molecule has 0 saturated heterocycles. The molecule has 0 bridgehead atoms. The highest BCUT2D eigenvalue weighted by Crippen LogP contribution is 2.39. The van der Waals surface area contributed by atoms with Gasteiger partial charge in [-0.2, -0.15) is 0 Å². The molecule has 0 saturated carbocycles. The SMILES string of the molecule is COCCOC(=O)C1=C(C(=O)N(Cc2cnccc2C)c2cc(OC(C)C)c(Cl)cc2Cl)CCCC1. The van der Waals surface area contributed by atoms with Crippen LogP contribution < -0.4 is 9.64 Å². The lowest BCUT2D eigenvalue weighted by atomic mass is 9.90. The molecule has 0 atom stereocenters. The van der Waals surface area contributed by atoms with Crippen molar-refractivity contribution in [2.24, 2.45) is 0 Å². The number of nitrogens with zero attached hydrogens (tertiary/aromatic N) is 2. The number of methoxy groups -OCH3 is 1. The van der Waals surface area contributed by atoms with Crippen molar-refractivity contribution in [1.29, 1.82) is 0 Å². The normalized spacial score (nSPS) is 13.6. The van der Waals surface area contributed by atoms with E-state index in [0.29, 0.717) is 45.5 Å². The van der Waals surface area contributed by atoms with E-state index in [4.69, 9.17) is 37.4 Å². The van der Waals surface area contributed by atoms with Gasteiger partial charge in [0.1, 0.15) is 12.4 Å². The summed E-state index contributed by atoms with van der Waals surface area (Å²) < 4.78 is 16.2. The molecule has 36 heavy (non-hydrogen) atoms. The van der Waals surface area contributed by atoms with Crippen molar-refractivity contribution in [1.82, 2.24) is 4.98 Å². The van der Waals surface area contributed by atoms with Gasteiger partial charge in [0, 0.05) is 36.7 Å². The van der Waals surface area contributed by atoms with Crippen molar-refractivity contribution in [3.8, 4) is 5.75 Å². The van der Waals surface area contributed by atoms with Gasteiger partial charge in [0.25, 0.3) is 5.91 Å². The molecule has 0 fully saturated rings. The molecule has 1 aliphatic rings. The van der Waals surface area contributed by atoms with E-state index in [1.54, 1.807) is 29.4 Å². The van der Waals surface area contributed by atoms with Crippen LogP contribution in [0.5, 0.6) is 5.75 Å². The number of rotatable bonds is 10. The van der Waals surface area contributed by atoms with E-state index in [0.717, 1.165) is 24.0 Å². The Kier molecular flexibility index (Phi) is 10.2. The first kappa shape index (κ1) is 28.0. The number of hydrogen-bond acceptors (Lipinski definition) is 6. The molecule has 3 rings (SSSR count). The number of esters is 1. The van der Waals surface area contributed by atoms with Crippen LogP contribution in [0.25, 0.3) is 0 Å². The van der Waals surface area contributed by atoms with E-state index < -0.39 is 5.97 Å². The van der Waals surface area contributed by atoms with E-state index in [1.807, 2.05) is 26.8 Å². The summed E-state index contributed by atoms with van der Waals surface area (Å²) in [7, 11) is 1.54. The van der Waals surface area contributed by atoms with Crippen molar-refractivity contribution in [3.05, 3.63) is 62.9 Å². The highest BCUT2D eigenvalue weighted by Gasteiger charge is 2.30. The Morgan fingerprint density at radius 2 is 1.81 bits per heavy atom. The zero-order valence-corrected chi connectivity index (χ0v) is 22.6. The Hall–Kier alpha value is -2.61. The Labute approximate surface area is 222 Å². The standard InChI is InChI=1S/C27H32Cl2N2O5/c1-17(2)36-25-14-24(22(28)13-23(25)29)31(16-19-15-30-10-9-18(19)3)26(32)20-7-5-6-8-21(20)27(33)35-12-11-34-4/h9-10,13-15,17H,5-8,11-12,16H2,1-4H3. The van der Waals surface area contributed by atoms with Crippen LogP contribution in [0, 0.1) is 6.92 Å². The summed E-state index contributed by atoms with van der Waals surface area (Å²) >= 11 is 13.0. The summed E-state index contributed by atoms with van der Waals surface area (Å²) in [5.41, 5.74) is 3.10. The monoisotopic (exact) mass is 534 g/mol. The van der Waals surface area contributed by atoms with Crippen molar-refractivity contribution in [2.45, 2.75) is 59.1 Å². The third-order valence-electron chi connectivity index (χ3n) is 5.87. The Morgan fingerprint density at radius 1 is 1.08 bits per heavy atom. The summed E-state index contributed by atoms with van der Waals surface area (Å²) in [6.07, 6.45) is 5.84. The minimum atomic E-state index is -0.487. The highest BCUT2D eigenvalue weighted by molar-refractivity contribution is 6.37. The highest BCUT2D eigenvalue weighted by atomic mass is 35.5. The van der Waals surface area contributed by atoms with Crippen LogP contribution in [-0.2, 0) is 25.6 Å². The summed E-state index contributed by atoms with van der Waals surface area (Å²) in [6, 6.07) is 5.13. The van der Waals surface area contributed by atoms with Gasteiger partial charge in [0.05, 0.1) is 35.0 Å². The Balaban J connectivity index is 2.09.